The zero-order valence-corrected chi connectivity index (χ0v) is 68.1. The molecule has 0 unspecified atom stereocenters. The van der Waals surface area contributed by atoms with Gasteiger partial charge in [0, 0.05) is 102 Å². The molecule has 3 aliphatic rings. The minimum Gasteiger partial charge on any atom is -0.577 e. The van der Waals surface area contributed by atoms with E-state index in [0.29, 0.717) is 57.7 Å². The predicted molar refractivity (Wildman–Crippen MR) is 476 cm³/mol. The summed E-state index contributed by atoms with van der Waals surface area (Å²) >= 11 is 0. The smallest absolute Gasteiger partial charge is 0.435 e. The Morgan fingerprint density at radius 2 is 0.661 bits per heavy atom. The number of piperazine rings is 2. The number of rotatable bonds is 23. The standard InChI is InChI=1S/C39H49N3O6.C28H32N4O2.C28H31NO2.CH4.H2P/c1-38(2,3)47-35(45)27-34(40-37(46)48-39(4,5)6)42-24-22-41(23-25-42)31-18-14-29(15-19-31)36(30-16-20-32(44)21-17-30)33(13-10-26-43)28-11-8-7-9-12-28;29-28(30)32-18-16-31(17-19-32)24-12-8-22(9-13-24)27(23-10-14-25(34)15-11-23)26(7-4-20-33)21-5-2-1-3-6-21;30-21-7-10-27(22-8-3-1-4-9-22)28(24-13-17-26(31)18-14-24)23-11-15-25(16-12-23)29-19-5-2-6-20-29;;/h7-9,11-12,14-21,43-44H,10,13,22-27H2,1-6H3;1-3,5-6,8-15,33-34H,4,7,16-20H2,(H3,29,30);1,3-4,8-9,11-18,30-31H,2,5-7,10,19-21H2;1H4;1H2/q;;;;-1/b36-33+,40-34?;27-26+;28-27+;;. The number of aliphatic hydroxyl groups excluding tert-OH is 3. The molecule has 0 atom stereocenters. The van der Waals surface area contributed by atoms with Crippen LogP contribution >= 0.6 is 9.90 Å². The van der Waals surface area contributed by atoms with Crippen molar-refractivity contribution in [2.45, 2.75) is 124 Å². The summed E-state index contributed by atoms with van der Waals surface area (Å²) < 4.78 is 11.0. The van der Waals surface area contributed by atoms with Crippen molar-refractivity contribution in [1.82, 2.24) is 9.80 Å². The highest BCUT2D eigenvalue weighted by molar-refractivity contribution is 6.92. The van der Waals surface area contributed by atoms with Crippen molar-refractivity contribution in [1.29, 1.82) is 5.41 Å². The van der Waals surface area contributed by atoms with Gasteiger partial charge in [0.15, 0.2) is 5.96 Å². The maximum absolute atomic E-state index is 12.7. The summed E-state index contributed by atoms with van der Waals surface area (Å²) in [6.07, 6.45) is 7.21. The highest BCUT2D eigenvalue weighted by atomic mass is 31.0. The molecular formula is C96H118N8O10P-. The molecule has 9 N–H and O–H groups in total. The number of hydrogen-bond donors (Lipinski definition) is 8. The van der Waals surface area contributed by atoms with Crippen LogP contribution in [0, 0.1) is 5.41 Å². The average molecular weight is 1580 g/mol. The lowest BCUT2D eigenvalue weighted by Gasteiger charge is -2.37. The highest BCUT2D eigenvalue weighted by Gasteiger charge is 2.28. The lowest BCUT2D eigenvalue weighted by atomic mass is 9.87. The number of piperidine rings is 1. The summed E-state index contributed by atoms with van der Waals surface area (Å²) in [5.41, 5.74) is 24.3. The molecule has 0 saturated carbocycles. The van der Waals surface area contributed by atoms with Crippen molar-refractivity contribution >= 4 is 84.3 Å². The highest BCUT2D eigenvalue weighted by Crippen LogP contribution is 2.41. The molecule has 0 spiro atoms. The number of amidine groups is 1. The van der Waals surface area contributed by atoms with E-state index in [4.69, 9.17) is 20.6 Å². The van der Waals surface area contributed by atoms with Gasteiger partial charge in [-0.1, -0.05) is 171 Å². The maximum atomic E-state index is 12.7. The van der Waals surface area contributed by atoms with Crippen LogP contribution in [0.3, 0.4) is 0 Å². The number of benzene rings is 9. The second-order valence-corrected chi connectivity index (χ2v) is 30.6. The monoisotopic (exact) mass is 1570 g/mol. The molecular weight excluding hydrogens is 1460 g/mol. The number of nitrogens with zero attached hydrogens (tertiary/aromatic N) is 6. The third-order valence-corrected chi connectivity index (χ3v) is 20.0. The van der Waals surface area contributed by atoms with Crippen molar-refractivity contribution in [3.8, 4) is 17.2 Å². The zero-order valence-electron chi connectivity index (χ0n) is 66.9. The maximum Gasteiger partial charge on any atom is 0.435 e. The summed E-state index contributed by atoms with van der Waals surface area (Å²) in [7, 11) is 0. The Bertz CT molecular complexity index is 4620. The van der Waals surface area contributed by atoms with E-state index in [9.17, 15) is 40.2 Å². The van der Waals surface area contributed by atoms with Crippen LogP contribution in [0.5, 0.6) is 17.2 Å². The molecule has 0 bridgehead atoms. The lowest BCUT2D eigenvalue weighted by Crippen LogP contribution is -2.50. The molecule has 608 valence electrons. The summed E-state index contributed by atoms with van der Waals surface area (Å²) in [4.78, 5) is 40.5. The van der Waals surface area contributed by atoms with E-state index in [1.807, 2.05) is 88.7 Å². The van der Waals surface area contributed by atoms with E-state index in [1.165, 1.54) is 41.7 Å². The van der Waals surface area contributed by atoms with Crippen LogP contribution in [0.15, 0.2) is 242 Å². The second kappa shape index (κ2) is 44.0. The molecule has 12 rings (SSSR count). The molecule has 3 fully saturated rings. The average Bonchev–Trinajstić information content (AvgIpc) is 0.805. The predicted octanol–water partition coefficient (Wildman–Crippen LogP) is 18.5. The van der Waals surface area contributed by atoms with Gasteiger partial charge in [0.25, 0.3) is 0 Å². The molecule has 3 heterocycles. The number of guanidine groups is 1. The number of phenols is 3. The Morgan fingerprint density at radius 1 is 0.383 bits per heavy atom. The summed E-state index contributed by atoms with van der Waals surface area (Å²) in [6.45, 7) is 19.0. The van der Waals surface area contributed by atoms with Gasteiger partial charge in [-0.3, -0.25) is 10.2 Å². The number of aromatic hydroxyl groups is 3. The van der Waals surface area contributed by atoms with Gasteiger partial charge in [-0.2, -0.15) is 4.99 Å². The topological polar surface area (TPSA) is 252 Å². The van der Waals surface area contributed by atoms with Crippen molar-refractivity contribution in [2.75, 3.05) is 100.0 Å². The van der Waals surface area contributed by atoms with Crippen LogP contribution in [0.2, 0.25) is 0 Å². The van der Waals surface area contributed by atoms with E-state index >= 15 is 0 Å². The van der Waals surface area contributed by atoms with Crippen molar-refractivity contribution in [3.63, 3.8) is 0 Å². The minimum absolute atomic E-state index is 0. The van der Waals surface area contributed by atoms with Gasteiger partial charge in [-0.05, 0) is 256 Å². The quantitative estimate of drug-likeness (QED) is 0.00974. The first kappa shape index (κ1) is 89.5. The Labute approximate surface area is 684 Å². The van der Waals surface area contributed by atoms with Crippen molar-refractivity contribution in [3.05, 3.63) is 287 Å². The number of anilines is 3. The second-order valence-electron chi connectivity index (χ2n) is 30.6. The Balaban J connectivity index is 0.000000220. The number of nitrogens with two attached hydrogens (primary N) is 1. The molecule has 9 aromatic carbocycles. The molecule has 0 radical (unpaired) electrons. The number of aliphatic hydroxyl groups is 3. The van der Waals surface area contributed by atoms with Crippen LogP contribution in [-0.2, 0) is 14.3 Å². The molecule has 1 amide bonds. The number of esters is 1. The van der Waals surface area contributed by atoms with Gasteiger partial charge < -0.3 is 80.2 Å². The van der Waals surface area contributed by atoms with Gasteiger partial charge >= 0.3 is 12.1 Å². The molecule has 115 heavy (non-hydrogen) atoms. The molecule has 3 saturated heterocycles. The van der Waals surface area contributed by atoms with Crippen LogP contribution in [0.4, 0.5) is 21.9 Å². The largest absolute Gasteiger partial charge is 0.577 e. The van der Waals surface area contributed by atoms with E-state index in [1.54, 1.807) is 77.9 Å². The van der Waals surface area contributed by atoms with Gasteiger partial charge in [-0.15, -0.1) is 0 Å². The normalized spacial score (nSPS) is 14.5. The Morgan fingerprint density at radius 3 is 0.939 bits per heavy atom. The number of nitrogens with one attached hydrogen (secondary N) is 1. The van der Waals surface area contributed by atoms with Gasteiger partial charge in [0.1, 0.15) is 40.7 Å². The zero-order chi connectivity index (χ0) is 80.3. The SMILES string of the molecule is C.CC(C)(C)OC(=O)CC(=NC(=O)OC(C)(C)C)N1CCN(c2ccc(/C(=C(/CCCO)c3ccccc3)c3ccc(O)cc3)cc2)CC1.N=C(N)N1CCN(c2ccc(/C(=C(/CCCO)c3ccccc3)c3ccc(O)cc3)cc2)CC1.OCCC/C(=C(\c1ccc(O)cc1)c1ccc(N2CCCCC2)cc1)c1ccccc1.[PH2-]. The number of aliphatic imine (C=N–C) groups is 1. The summed E-state index contributed by atoms with van der Waals surface area (Å²) in [5.74, 6) is 0.729. The molecule has 9 aromatic rings. The fourth-order valence-corrected chi connectivity index (χ4v) is 14.6. The molecule has 0 aliphatic carbocycles. The molecule has 19 heteroatoms. The number of amides is 1. The molecule has 18 nitrogen and oxygen atoms in total. The van der Waals surface area contributed by atoms with Gasteiger partial charge in [0.2, 0.25) is 0 Å². The van der Waals surface area contributed by atoms with E-state index < -0.39 is 23.3 Å². The van der Waals surface area contributed by atoms with E-state index in [2.05, 4.69) is 141 Å². The summed E-state index contributed by atoms with van der Waals surface area (Å²) in [6, 6.07) is 78.8. The first-order valence-corrected chi connectivity index (χ1v) is 39.5. The molecule has 3 aliphatic heterocycles. The van der Waals surface area contributed by atoms with Crippen LogP contribution in [0.25, 0.3) is 33.4 Å². The fourth-order valence-electron chi connectivity index (χ4n) is 14.6. The van der Waals surface area contributed by atoms with Gasteiger partial charge in [0.05, 0.1) is 0 Å². The first-order valence-electron chi connectivity index (χ1n) is 39.5. The van der Waals surface area contributed by atoms with E-state index in [-0.39, 0.29) is 66.8 Å². The van der Waals surface area contributed by atoms with Crippen molar-refractivity contribution < 1.29 is 49.7 Å². The number of carbonyl (C=O) groups is 2. The lowest BCUT2D eigenvalue weighted by molar-refractivity contribution is -0.153. The number of hydrogen-bond acceptors (Lipinski definition) is 14. The first-order chi connectivity index (χ1) is 54.5. The number of carbonyl (C=O) groups excluding carboxylic acids is 2. The number of allylic oxidation sites excluding steroid dienone is 3. The van der Waals surface area contributed by atoms with Crippen LogP contribution in [0.1, 0.15) is 163 Å². The fraction of sp³-hybridized carbons (Fsp3) is 0.333. The van der Waals surface area contributed by atoms with Crippen molar-refractivity contribution in [2.24, 2.45) is 10.7 Å². The number of ether oxygens (including phenoxy) is 2. The third kappa shape index (κ3) is 26.5. The van der Waals surface area contributed by atoms with E-state index in [0.717, 1.165) is 130 Å². The third-order valence-electron chi connectivity index (χ3n) is 20.0. The minimum atomic E-state index is -0.731. The number of phenolic OH excluding ortho intramolecular Hbond substituents is 3. The Hall–Kier alpha value is -11.0. The molecule has 0 aromatic heterocycles. The Kier molecular flexibility index (Phi) is 34.3. The van der Waals surface area contributed by atoms with Gasteiger partial charge in [-0.25, -0.2) is 4.79 Å². The summed E-state index contributed by atoms with van der Waals surface area (Å²) in [5, 5.41) is 66.2. The van der Waals surface area contributed by atoms with Crippen LogP contribution in [-0.4, -0.2) is 161 Å². The van der Waals surface area contributed by atoms with Crippen LogP contribution < -0.4 is 20.4 Å².